The van der Waals surface area contributed by atoms with Crippen LogP contribution in [0.3, 0.4) is 0 Å². The normalized spacial score (nSPS) is 11.3. The Balaban J connectivity index is 0.000000800. The zero-order valence-corrected chi connectivity index (χ0v) is 78.8. The van der Waals surface area contributed by atoms with Gasteiger partial charge in [0.2, 0.25) is 29.8 Å². The monoisotopic (exact) mass is 1950 g/mol. The highest BCUT2D eigenvalue weighted by Crippen LogP contribution is 2.32. The van der Waals surface area contributed by atoms with Crippen molar-refractivity contribution < 1.29 is 81.7 Å². The van der Waals surface area contributed by atoms with Crippen molar-refractivity contribution in [1.29, 1.82) is 21.6 Å². The maximum Gasteiger partial charge on any atom is 0.223 e. The molecule has 56 nitrogen and oxygen atoms in total. The lowest BCUT2D eigenvalue weighted by atomic mass is 10.2. The van der Waals surface area contributed by atoms with Crippen LogP contribution in [0.5, 0.6) is 92.0 Å². The summed E-state index contributed by atoms with van der Waals surface area (Å²) in [6.07, 6.45) is 0. The zero-order valence-electron chi connectivity index (χ0n) is 78.8. The number of phenolic OH excluding ortho intramolecular Hbond substituents is 16. The number of phenols is 16. The average Bonchev–Trinajstić information content (AvgIpc) is 0.853. The van der Waals surface area contributed by atoms with E-state index in [4.69, 9.17) is 133 Å². The SMILES string of the molecule is CN(C(=N)N)C(N)=NCc1ccc(O)c(O)c1.CN(C)C(N)=NC(N)=NCc1ccc(O)c(O)c1.CN(Cc1ccc(O)c(O)c1)C(=N)N(C)C(=N)N.CN(Cc1ccc(O)c(O)c1)C(=N)N=C(N)N.CN=C(N)N=C(N)N(C)Cc1ccc(O)c(O)c1.CN=C(N)NC(N)=NCc1ccc(O)c(O)c1.CN=C(N=C(N)N)N(C)Cc1ccc(O)c(O)c1.CN=C(N=C(N)N)NCc1ccc(O)c(O)c1. The van der Waals surface area contributed by atoms with Crippen molar-refractivity contribution in [3.05, 3.63) is 190 Å². The number of nitrogens with one attached hydrogen (secondary N) is 6. The molecule has 0 unspecified atom stereocenters. The van der Waals surface area contributed by atoms with Crippen LogP contribution in [-0.4, -0.2) is 296 Å². The van der Waals surface area contributed by atoms with Crippen LogP contribution in [0.2, 0.25) is 0 Å². The second kappa shape index (κ2) is 59.8. The van der Waals surface area contributed by atoms with Gasteiger partial charge in [-0.1, -0.05) is 48.5 Å². The second-order valence-electron chi connectivity index (χ2n) is 28.8. The lowest BCUT2D eigenvalue weighted by Crippen LogP contribution is -2.45. The fourth-order valence-corrected chi connectivity index (χ4v) is 9.70. The van der Waals surface area contributed by atoms with E-state index in [2.05, 4.69) is 70.5 Å². The Hall–Kier alpha value is -19.5. The summed E-state index contributed by atoms with van der Waals surface area (Å²) < 4.78 is 0. The molecule has 0 radical (unpaired) electrons. The molecule has 8 rings (SSSR count). The molecule has 0 atom stereocenters. The molecule has 8 aromatic carbocycles. The third kappa shape index (κ3) is 46.0. The van der Waals surface area contributed by atoms with Crippen molar-refractivity contribution in [3.8, 4) is 92.0 Å². The van der Waals surface area contributed by atoms with E-state index in [9.17, 15) is 56.2 Å². The van der Waals surface area contributed by atoms with Gasteiger partial charge in [-0.2, -0.15) is 25.0 Å². The first-order chi connectivity index (χ1) is 65.4. The minimum atomic E-state index is -0.222. The summed E-state index contributed by atoms with van der Waals surface area (Å²) >= 11 is 0. The van der Waals surface area contributed by atoms with E-state index in [1.54, 1.807) is 125 Å². The lowest BCUT2D eigenvalue weighted by Gasteiger charge is -2.26. The minimum Gasteiger partial charge on any atom is -0.504 e. The fourth-order valence-electron chi connectivity index (χ4n) is 9.70. The highest BCUT2D eigenvalue weighted by Gasteiger charge is 2.17. The Labute approximate surface area is 805 Å². The molecule has 0 amide bonds. The van der Waals surface area contributed by atoms with Gasteiger partial charge in [-0.25, -0.2) is 15.0 Å². The summed E-state index contributed by atoms with van der Waals surface area (Å²) in [6, 6.07) is 35.7. The van der Waals surface area contributed by atoms with Crippen molar-refractivity contribution in [2.75, 3.05) is 84.6 Å². The molecule has 0 aliphatic heterocycles. The van der Waals surface area contributed by atoms with Crippen LogP contribution in [-0.2, 0) is 52.4 Å². The topological polar surface area (TPSA) is 1000 Å². The first-order valence-electron chi connectivity index (χ1n) is 40.1. The number of benzene rings is 8. The minimum absolute atomic E-state index is 0.0498. The van der Waals surface area contributed by atoms with Crippen LogP contribution < -0.4 is 96.6 Å². The van der Waals surface area contributed by atoms with E-state index in [1.807, 2.05) is 0 Å². The maximum atomic E-state index is 9.39. The Morgan fingerprint density at radius 3 is 0.929 bits per heavy atom. The van der Waals surface area contributed by atoms with E-state index < -0.39 is 0 Å². The van der Waals surface area contributed by atoms with Crippen LogP contribution in [0.15, 0.2) is 206 Å². The number of rotatable bonds is 16. The van der Waals surface area contributed by atoms with Crippen LogP contribution in [0.4, 0.5) is 0 Å². The van der Waals surface area contributed by atoms with Crippen LogP contribution in [0.25, 0.3) is 0 Å². The first kappa shape index (κ1) is 118. The third-order valence-corrected chi connectivity index (χ3v) is 17.3. The van der Waals surface area contributed by atoms with E-state index >= 15 is 0 Å². The smallest absolute Gasteiger partial charge is 0.223 e. The summed E-state index contributed by atoms with van der Waals surface area (Å²) in [6.45, 7) is 2.63. The highest BCUT2D eigenvalue weighted by molar-refractivity contribution is 5.99. The molecule has 140 heavy (non-hydrogen) atoms. The van der Waals surface area contributed by atoms with Crippen molar-refractivity contribution in [2.45, 2.75) is 52.4 Å². The fraction of sp³-hybridized carbons (Fsp3) is 0.238. The zero-order chi connectivity index (χ0) is 107. The summed E-state index contributed by atoms with van der Waals surface area (Å²) in [5, 5.41) is 183. The van der Waals surface area contributed by atoms with Crippen molar-refractivity contribution in [3.63, 3.8) is 0 Å². The van der Waals surface area contributed by atoms with Gasteiger partial charge in [0.1, 0.15) is 0 Å². The van der Waals surface area contributed by atoms with Gasteiger partial charge in [-0.15, -0.1) is 0 Å². The first-order valence-corrected chi connectivity index (χ1v) is 40.1. The van der Waals surface area contributed by atoms with Gasteiger partial charge in [0.15, 0.2) is 158 Å². The molecule has 0 heterocycles. The Kier molecular flexibility index (Phi) is 50.6. The Bertz CT molecular complexity index is 5840. The molecule has 0 aliphatic carbocycles. The molecular weight excluding hydrogens is 1830 g/mol. The maximum absolute atomic E-state index is 9.39. The van der Waals surface area contributed by atoms with Gasteiger partial charge in [-0.05, 0) is 142 Å². The highest BCUT2D eigenvalue weighted by atomic mass is 16.3. The van der Waals surface area contributed by atoms with Gasteiger partial charge in [0.25, 0.3) is 0 Å². The molecule has 52 N–H and O–H groups in total. The molecule has 0 fully saturated rings. The van der Waals surface area contributed by atoms with E-state index in [0.717, 1.165) is 27.8 Å². The van der Waals surface area contributed by atoms with Crippen LogP contribution in [0, 0.1) is 21.6 Å². The van der Waals surface area contributed by atoms with Gasteiger partial charge in [0.05, 0.1) is 19.6 Å². The summed E-state index contributed by atoms with van der Waals surface area (Å²) in [4.78, 5) is 56.5. The quantitative estimate of drug-likeness (QED) is 0.0283. The molecule has 0 bridgehead atoms. The van der Waals surface area contributed by atoms with E-state index in [-0.39, 0.29) is 201 Å². The van der Waals surface area contributed by atoms with E-state index in [1.165, 1.54) is 140 Å². The number of hydrogen-bond donors (Lipinski definition) is 37. The average molecular weight is 1950 g/mol. The lowest BCUT2D eigenvalue weighted by molar-refractivity contribution is 0.400. The van der Waals surface area contributed by atoms with Crippen molar-refractivity contribution in [2.24, 2.45) is 146 Å². The molecule has 0 aliphatic rings. The molecule has 0 saturated heterocycles. The van der Waals surface area contributed by atoms with Crippen molar-refractivity contribution >= 4 is 95.4 Å². The van der Waals surface area contributed by atoms with E-state index in [0.29, 0.717) is 55.4 Å². The van der Waals surface area contributed by atoms with Gasteiger partial charge in [0, 0.05) is 117 Å². The molecule has 760 valence electrons. The molecular formula is C84H128N40O16. The van der Waals surface area contributed by atoms with Gasteiger partial charge < -0.3 is 198 Å². The number of hydrogen-bond acceptors (Lipinski definition) is 27. The molecule has 0 aromatic heterocycles. The number of aliphatic imine (C=N–C) groups is 12. The summed E-state index contributed by atoms with van der Waals surface area (Å²) in [7, 11) is 19.5. The third-order valence-electron chi connectivity index (χ3n) is 17.3. The Morgan fingerprint density at radius 2 is 0.600 bits per heavy atom. The summed E-state index contributed by atoms with van der Waals surface area (Å²) in [5.41, 5.74) is 86.5. The molecule has 8 aromatic rings. The number of nitrogens with zero attached hydrogens (tertiary/aromatic N) is 19. The predicted molar refractivity (Wildman–Crippen MR) is 541 cm³/mol. The van der Waals surface area contributed by atoms with Crippen LogP contribution in [0.1, 0.15) is 44.5 Å². The molecule has 56 heteroatoms. The Morgan fingerprint density at radius 1 is 0.286 bits per heavy atom. The number of aromatic hydroxyl groups is 16. The largest absolute Gasteiger partial charge is 0.504 e. The standard InChI is InChI=1S/4C11H17N5O2.4C10H15N5O2/c1-16(2)11(13)15-10(12)14-6-7-3-4-8(17)9(18)5-7;1-14-10(12)15-11(13)16(2)6-7-3-4-8(17)9(18)5-7;1-15(11(14)16(2)10(12)13)6-7-3-4-8(17)9(18)5-7;1-14-11(15-10(12)13)16(2)6-7-3-4-8(17)9(18)5-7;1-13-9(11)15-10(12)14-5-6-2-3-7(16)8(17)4-6;1-15(10(13)14-9(11)12)5-6-2-3-7(16)8(17)4-6;1-15(9(11)12)10(13)14-5-6-2-3-7(16)8(17)4-6;1-13-10(15-9(11)12)14-5-6-2-3-7(16)8(17)4-6/h2*3-5,17-18H,6H2,1-2H3,(H4,12,13,14,15);3-5,14,17-18H,6H2,1-2H3,(H3,12,13);3-5,17-18H,6H2,1-2H3,(H4,12,13,14,15);2-4,16-17H,5H2,1H3,(H5,11,12,13,14,15);2-4,16-17H,5H2,1H3,(H5,11,12,13,14);2-4,16-17H,5H2,1H3,(H3,11,12)(H2,13,14);2-4,16-17H,5H2,1H3,(H5,11,12,13,14,15). The second-order valence-corrected chi connectivity index (χ2v) is 28.8. The summed E-state index contributed by atoms with van der Waals surface area (Å²) in [5.74, 6) is -2.05. The number of nitrogens with two attached hydrogens (primary N) is 15. The predicted octanol–water partition coefficient (Wildman–Crippen LogP) is -1.98. The molecule has 0 saturated carbocycles. The van der Waals surface area contributed by atoms with Gasteiger partial charge >= 0.3 is 0 Å². The van der Waals surface area contributed by atoms with Crippen LogP contribution >= 0.6 is 0 Å². The van der Waals surface area contributed by atoms with Gasteiger partial charge in [-0.3, -0.25) is 56.7 Å². The van der Waals surface area contributed by atoms with Crippen molar-refractivity contribution in [1.82, 2.24) is 44.9 Å². The number of guanidine groups is 16. The molecule has 0 spiro atoms.